The lowest BCUT2D eigenvalue weighted by Gasteiger charge is -2.25. The van der Waals surface area contributed by atoms with Gasteiger partial charge in [-0.05, 0) is 24.6 Å². The van der Waals surface area contributed by atoms with Gasteiger partial charge in [-0.2, -0.15) is 5.10 Å². The number of hydrogen-bond donors (Lipinski definition) is 1. The van der Waals surface area contributed by atoms with Crippen molar-refractivity contribution >= 4 is 15.8 Å². The Hall–Kier alpha value is -4.30. The summed E-state index contributed by atoms with van der Waals surface area (Å²) in [6, 6.07) is 9.20. The summed E-state index contributed by atoms with van der Waals surface area (Å²) < 4.78 is 77.7. The van der Waals surface area contributed by atoms with E-state index in [1.54, 1.807) is 42.2 Å². The van der Waals surface area contributed by atoms with Gasteiger partial charge in [0.05, 0.1) is 26.9 Å². The van der Waals surface area contributed by atoms with Gasteiger partial charge in [0.15, 0.2) is 11.6 Å². The Kier molecular flexibility index (Phi) is 8.27. The van der Waals surface area contributed by atoms with Gasteiger partial charge in [0.25, 0.3) is 10.0 Å². The van der Waals surface area contributed by atoms with E-state index in [1.807, 2.05) is 0 Å². The molecule has 0 radical (unpaired) electrons. The second-order valence-corrected chi connectivity index (χ2v) is 11.6. The van der Waals surface area contributed by atoms with E-state index in [-0.39, 0.29) is 24.7 Å². The highest BCUT2D eigenvalue weighted by Gasteiger charge is 2.39. The highest BCUT2D eigenvalue weighted by atomic mass is 32.2. The van der Waals surface area contributed by atoms with E-state index in [0.29, 0.717) is 35.6 Å². The van der Waals surface area contributed by atoms with Crippen LogP contribution in [-0.2, 0) is 23.6 Å². The Labute approximate surface area is 241 Å². The van der Waals surface area contributed by atoms with E-state index < -0.39 is 44.5 Å². The van der Waals surface area contributed by atoms with Gasteiger partial charge in [-0.1, -0.05) is 0 Å². The van der Waals surface area contributed by atoms with Crippen molar-refractivity contribution in [3.8, 4) is 17.2 Å². The number of rotatable bonds is 10. The monoisotopic (exact) mass is 601 g/mol. The number of aryl methyl sites for hydroxylation is 1. The van der Waals surface area contributed by atoms with E-state index in [4.69, 9.17) is 14.2 Å². The standard InChI is InChI=1S/C28H29F2N5O6S/c1-34-23(6-9-33-34)20-10-18(36)11-25(20)41-26-13-22(30)27(14-21(26)29)42(37,38)35(28-7-8-31-16-32-28)15-17-4-5-19(39-2)12-24(17)40-3/h4-9,12-14,16,18,20,25,36H,10-11,15H2,1-3H3/t18-,20+,25-/m0/s1. The number of anilines is 1. The molecule has 0 bridgehead atoms. The molecule has 0 aliphatic heterocycles. The van der Waals surface area contributed by atoms with Crippen molar-refractivity contribution in [2.45, 2.75) is 42.4 Å². The van der Waals surface area contributed by atoms with E-state index in [2.05, 4.69) is 15.1 Å². The molecular weight excluding hydrogens is 572 g/mol. The van der Waals surface area contributed by atoms with Gasteiger partial charge >= 0.3 is 0 Å². The van der Waals surface area contributed by atoms with Crippen LogP contribution in [0.1, 0.15) is 30.0 Å². The summed E-state index contributed by atoms with van der Waals surface area (Å²) in [4.78, 5) is 6.96. The Morgan fingerprint density at radius 1 is 1.02 bits per heavy atom. The third-order valence-corrected chi connectivity index (χ3v) is 8.95. The van der Waals surface area contributed by atoms with Crippen molar-refractivity contribution in [2.24, 2.45) is 7.05 Å². The zero-order valence-electron chi connectivity index (χ0n) is 23.0. The van der Waals surface area contributed by atoms with Gasteiger partial charge in [0, 0.05) is 67.3 Å². The van der Waals surface area contributed by atoms with Gasteiger partial charge in [-0.3, -0.25) is 4.68 Å². The highest BCUT2D eigenvalue weighted by molar-refractivity contribution is 7.92. The molecule has 2 heterocycles. The number of benzene rings is 2. The van der Waals surface area contributed by atoms with Crippen molar-refractivity contribution in [2.75, 3.05) is 18.5 Å². The zero-order valence-corrected chi connectivity index (χ0v) is 23.8. The minimum absolute atomic E-state index is 0.0676. The summed E-state index contributed by atoms with van der Waals surface area (Å²) in [5.74, 6) is -2.36. The first-order chi connectivity index (χ1) is 20.1. The first-order valence-electron chi connectivity index (χ1n) is 12.9. The normalized spacial score (nSPS) is 18.6. The quantitative estimate of drug-likeness (QED) is 0.290. The lowest BCUT2D eigenvalue weighted by Crippen LogP contribution is -2.32. The minimum Gasteiger partial charge on any atom is -0.497 e. The molecule has 0 spiro atoms. The number of ether oxygens (including phenoxy) is 3. The summed E-state index contributed by atoms with van der Waals surface area (Å²) in [6.45, 7) is -0.321. The maximum absolute atomic E-state index is 15.6. The molecule has 0 saturated heterocycles. The summed E-state index contributed by atoms with van der Waals surface area (Å²) in [5, 5.41) is 14.4. The second-order valence-electron chi connectivity index (χ2n) is 9.74. The van der Waals surface area contributed by atoms with E-state index in [9.17, 15) is 13.5 Å². The van der Waals surface area contributed by atoms with Crippen LogP contribution in [0.25, 0.3) is 0 Å². The fourth-order valence-electron chi connectivity index (χ4n) is 5.10. The van der Waals surface area contributed by atoms with Crippen LogP contribution in [0.2, 0.25) is 0 Å². The first-order valence-corrected chi connectivity index (χ1v) is 14.4. The average molecular weight is 602 g/mol. The zero-order chi connectivity index (χ0) is 30.0. The summed E-state index contributed by atoms with van der Waals surface area (Å²) in [5.41, 5.74) is 1.19. The number of nitrogens with zero attached hydrogens (tertiary/aromatic N) is 5. The number of aromatic nitrogens is 4. The summed E-state index contributed by atoms with van der Waals surface area (Å²) in [6.07, 6.45) is 3.21. The SMILES string of the molecule is COc1ccc(CN(c2ccncn2)S(=O)(=O)c2cc(F)c(O[C@H]3C[C@@H](O)C[C@@H]3c3ccnn3C)cc2F)c(OC)c1. The Morgan fingerprint density at radius 3 is 2.50 bits per heavy atom. The van der Waals surface area contributed by atoms with E-state index in [0.717, 1.165) is 16.3 Å². The van der Waals surface area contributed by atoms with Gasteiger partial charge in [-0.15, -0.1) is 0 Å². The van der Waals surface area contributed by atoms with Crippen LogP contribution < -0.4 is 18.5 Å². The van der Waals surface area contributed by atoms with Gasteiger partial charge < -0.3 is 19.3 Å². The molecule has 0 amide bonds. The number of sulfonamides is 1. The molecule has 3 atom stereocenters. The number of halogens is 2. The molecule has 0 unspecified atom stereocenters. The molecule has 2 aromatic carbocycles. The third-order valence-electron chi connectivity index (χ3n) is 7.18. The van der Waals surface area contributed by atoms with Gasteiger partial charge in [0.1, 0.15) is 40.5 Å². The van der Waals surface area contributed by atoms with Crippen molar-refractivity contribution in [1.29, 1.82) is 0 Å². The highest BCUT2D eigenvalue weighted by Crippen LogP contribution is 2.39. The lowest BCUT2D eigenvalue weighted by atomic mass is 10.0. The Balaban J connectivity index is 1.49. The minimum atomic E-state index is -4.72. The van der Waals surface area contributed by atoms with Crippen LogP contribution in [0, 0.1) is 11.6 Å². The maximum atomic E-state index is 15.6. The molecule has 1 N–H and O–H groups in total. The molecular formula is C28H29F2N5O6S. The van der Waals surface area contributed by atoms with Crippen molar-refractivity contribution in [3.63, 3.8) is 0 Å². The average Bonchev–Trinajstić information content (AvgIpc) is 3.57. The van der Waals surface area contributed by atoms with E-state index >= 15 is 8.78 Å². The number of aliphatic hydroxyl groups is 1. The van der Waals surface area contributed by atoms with Crippen LogP contribution in [0.4, 0.5) is 14.6 Å². The Bertz CT molecular complexity index is 1670. The summed E-state index contributed by atoms with van der Waals surface area (Å²) >= 11 is 0. The van der Waals surface area contributed by atoms with Crippen LogP contribution in [0.5, 0.6) is 17.2 Å². The predicted octanol–water partition coefficient (Wildman–Crippen LogP) is 3.59. The maximum Gasteiger partial charge on any atom is 0.268 e. The van der Waals surface area contributed by atoms with Crippen molar-refractivity contribution in [3.05, 3.63) is 84.1 Å². The topological polar surface area (TPSA) is 129 Å². The van der Waals surface area contributed by atoms with Gasteiger partial charge in [-0.25, -0.2) is 31.5 Å². The van der Waals surface area contributed by atoms with Crippen LogP contribution >= 0.6 is 0 Å². The molecule has 1 fully saturated rings. The number of methoxy groups -OCH3 is 2. The molecule has 14 heteroatoms. The first kappa shape index (κ1) is 29.2. The molecule has 222 valence electrons. The fourth-order valence-corrected chi connectivity index (χ4v) is 6.56. The molecule has 1 aliphatic carbocycles. The predicted molar refractivity (Wildman–Crippen MR) is 147 cm³/mol. The largest absolute Gasteiger partial charge is 0.497 e. The molecule has 42 heavy (non-hydrogen) atoms. The van der Waals surface area contributed by atoms with Crippen molar-refractivity contribution in [1.82, 2.24) is 19.7 Å². The summed E-state index contributed by atoms with van der Waals surface area (Å²) in [7, 11) is -0.0873. The Morgan fingerprint density at radius 2 is 1.83 bits per heavy atom. The number of hydrogen-bond acceptors (Lipinski definition) is 9. The lowest BCUT2D eigenvalue weighted by molar-refractivity contribution is 0.143. The molecule has 1 aliphatic rings. The van der Waals surface area contributed by atoms with Crippen LogP contribution in [0.15, 0.2) is 66.1 Å². The molecule has 4 aromatic rings. The third kappa shape index (κ3) is 5.72. The number of aliphatic hydroxyl groups excluding tert-OH is 1. The fraction of sp³-hybridized carbons (Fsp3) is 0.321. The molecule has 11 nitrogen and oxygen atoms in total. The molecule has 5 rings (SSSR count). The molecule has 2 aromatic heterocycles. The van der Waals surface area contributed by atoms with Gasteiger partial charge in [0.2, 0.25) is 0 Å². The van der Waals surface area contributed by atoms with Crippen molar-refractivity contribution < 1.29 is 36.5 Å². The van der Waals surface area contributed by atoms with Crippen LogP contribution in [0.3, 0.4) is 0 Å². The molecule has 1 saturated carbocycles. The second kappa shape index (κ2) is 11.9. The van der Waals surface area contributed by atoms with Crippen LogP contribution in [-0.4, -0.2) is 59.7 Å². The van der Waals surface area contributed by atoms with E-state index in [1.165, 1.54) is 26.5 Å². The smallest absolute Gasteiger partial charge is 0.268 e.